The molecule has 1 N–H and O–H groups in total. The minimum Gasteiger partial charge on any atom is -0.497 e. The lowest BCUT2D eigenvalue weighted by atomic mass is 9.98. The van der Waals surface area contributed by atoms with Gasteiger partial charge in [-0.3, -0.25) is 0 Å². The van der Waals surface area contributed by atoms with Gasteiger partial charge in [0.15, 0.2) is 0 Å². The van der Waals surface area contributed by atoms with Crippen LogP contribution in [0.15, 0.2) is 42.5 Å². The van der Waals surface area contributed by atoms with Gasteiger partial charge in [0.2, 0.25) is 0 Å². The standard InChI is InChI=1S/C16H17ClO2/c1-11-5-3-4-6-12(11)9-16(18)14-8-7-13(19-2)10-15(14)17/h3-8,10,16,18H,9H2,1-2H3. The lowest BCUT2D eigenvalue weighted by molar-refractivity contribution is 0.178. The maximum Gasteiger partial charge on any atom is 0.120 e. The Morgan fingerprint density at radius 2 is 1.95 bits per heavy atom. The fourth-order valence-corrected chi connectivity index (χ4v) is 2.36. The minimum absolute atomic E-state index is 0.528. The lowest BCUT2D eigenvalue weighted by Crippen LogP contribution is -2.04. The molecule has 19 heavy (non-hydrogen) atoms. The smallest absolute Gasteiger partial charge is 0.120 e. The molecule has 3 heteroatoms. The maximum atomic E-state index is 10.3. The van der Waals surface area contributed by atoms with Gasteiger partial charge in [0.05, 0.1) is 18.2 Å². The first-order valence-corrected chi connectivity index (χ1v) is 6.55. The van der Waals surface area contributed by atoms with Gasteiger partial charge in [0, 0.05) is 6.42 Å². The maximum absolute atomic E-state index is 10.3. The molecule has 0 aliphatic rings. The Labute approximate surface area is 118 Å². The van der Waals surface area contributed by atoms with Gasteiger partial charge in [0.25, 0.3) is 0 Å². The Hall–Kier alpha value is -1.51. The average Bonchev–Trinajstić information content (AvgIpc) is 2.41. The van der Waals surface area contributed by atoms with Crippen LogP contribution in [-0.4, -0.2) is 12.2 Å². The van der Waals surface area contributed by atoms with E-state index in [1.54, 1.807) is 13.2 Å². The number of aliphatic hydroxyl groups excluding tert-OH is 1. The van der Waals surface area contributed by atoms with Gasteiger partial charge in [0.1, 0.15) is 5.75 Å². The van der Waals surface area contributed by atoms with Gasteiger partial charge >= 0.3 is 0 Å². The molecule has 0 saturated carbocycles. The zero-order chi connectivity index (χ0) is 13.8. The number of hydrogen-bond donors (Lipinski definition) is 1. The number of hydrogen-bond acceptors (Lipinski definition) is 2. The van der Waals surface area contributed by atoms with E-state index in [0.29, 0.717) is 17.2 Å². The zero-order valence-electron chi connectivity index (χ0n) is 11.1. The number of halogens is 1. The van der Waals surface area contributed by atoms with Crippen molar-refractivity contribution in [2.24, 2.45) is 0 Å². The SMILES string of the molecule is COc1ccc(C(O)Cc2ccccc2C)c(Cl)c1. The highest BCUT2D eigenvalue weighted by Gasteiger charge is 2.14. The predicted octanol–water partition coefficient (Wildman–Crippen LogP) is 3.93. The first-order valence-electron chi connectivity index (χ1n) is 6.18. The molecule has 2 nitrogen and oxygen atoms in total. The number of aryl methyl sites for hydroxylation is 1. The lowest BCUT2D eigenvalue weighted by Gasteiger charge is -2.15. The van der Waals surface area contributed by atoms with Crippen molar-refractivity contribution < 1.29 is 9.84 Å². The normalized spacial score (nSPS) is 12.2. The summed E-state index contributed by atoms with van der Waals surface area (Å²) in [5.74, 6) is 0.692. The molecule has 0 aromatic heterocycles. The van der Waals surface area contributed by atoms with Crippen molar-refractivity contribution >= 4 is 11.6 Å². The van der Waals surface area contributed by atoms with Crippen LogP contribution in [0.3, 0.4) is 0 Å². The third-order valence-corrected chi connectivity index (χ3v) is 3.57. The molecule has 0 radical (unpaired) electrons. The van der Waals surface area contributed by atoms with Crippen molar-refractivity contribution in [2.45, 2.75) is 19.4 Å². The van der Waals surface area contributed by atoms with Gasteiger partial charge in [-0.05, 0) is 35.7 Å². The van der Waals surface area contributed by atoms with Crippen molar-refractivity contribution in [3.8, 4) is 5.75 Å². The summed E-state index contributed by atoms with van der Waals surface area (Å²) in [6, 6.07) is 13.4. The summed E-state index contributed by atoms with van der Waals surface area (Å²) in [6.45, 7) is 2.04. The summed E-state index contributed by atoms with van der Waals surface area (Å²) in [7, 11) is 1.59. The van der Waals surface area contributed by atoms with Gasteiger partial charge in [-0.2, -0.15) is 0 Å². The van der Waals surface area contributed by atoms with E-state index in [4.69, 9.17) is 16.3 Å². The van der Waals surface area contributed by atoms with E-state index in [-0.39, 0.29) is 0 Å². The first-order chi connectivity index (χ1) is 9.11. The van der Waals surface area contributed by atoms with E-state index in [1.165, 1.54) is 5.56 Å². The van der Waals surface area contributed by atoms with Crippen LogP contribution in [-0.2, 0) is 6.42 Å². The number of rotatable bonds is 4. The first kappa shape index (κ1) is 13.9. The van der Waals surface area contributed by atoms with Crippen molar-refractivity contribution in [1.82, 2.24) is 0 Å². The summed E-state index contributed by atoms with van der Waals surface area (Å²) in [5, 5.41) is 10.8. The minimum atomic E-state index is -0.612. The highest BCUT2D eigenvalue weighted by Crippen LogP contribution is 2.29. The molecule has 2 rings (SSSR count). The molecule has 0 aliphatic heterocycles. The van der Waals surface area contributed by atoms with E-state index < -0.39 is 6.10 Å². The quantitative estimate of drug-likeness (QED) is 0.917. The summed E-state index contributed by atoms with van der Waals surface area (Å²) in [4.78, 5) is 0. The molecular weight excluding hydrogens is 260 g/mol. The second-order valence-corrected chi connectivity index (χ2v) is 4.94. The van der Waals surface area contributed by atoms with Crippen molar-refractivity contribution in [3.63, 3.8) is 0 Å². The molecule has 1 unspecified atom stereocenters. The van der Waals surface area contributed by atoms with Gasteiger partial charge in [-0.15, -0.1) is 0 Å². The molecule has 1 atom stereocenters. The molecule has 2 aromatic rings. The Balaban J connectivity index is 2.21. The molecule has 0 amide bonds. The molecule has 0 heterocycles. The van der Waals surface area contributed by atoms with E-state index in [9.17, 15) is 5.11 Å². The molecule has 0 spiro atoms. The average molecular weight is 277 g/mol. The fraction of sp³-hybridized carbons (Fsp3) is 0.250. The summed E-state index contributed by atoms with van der Waals surface area (Å²) < 4.78 is 5.10. The topological polar surface area (TPSA) is 29.5 Å². The van der Waals surface area contributed by atoms with Crippen LogP contribution >= 0.6 is 11.6 Å². The summed E-state index contributed by atoms with van der Waals surface area (Å²) in [5.41, 5.74) is 3.03. The monoisotopic (exact) mass is 276 g/mol. The molecule has 0 aliphatic carbocycles. The predicted molar refractivity (Wildman–Crippen MR) is 77.8 cm³/mol. The van der Waals surface area contributed by atoms with E-state index in [2.05, 4.69) is 0 Å². The van der Waals surface area contributed by atoms with Crippen LogP contribution < -0.4 is 4.74 Å². The number of methoxy groups -OCH3 is 1. The van der Waals surface area contributed by atoms with Crippen LogP contribution in [0.25, 0.3) is 0 Å². The third-order valence-electron chi connectivity index (χ3n) is 3.24. The Morgan fingerprint density at radius 1 is 1.21 bits per heavy atom. The zero-order valence-corrected chi connectivity index (χ0v) is 11.8. The van der Waals surface area contributed by atoms with Crippen LogP contribution in [0.1, 0.15) is 22.8 Å². The fourth-order valence-electron chi connectivity index (χ4n) is 2.06. The number of aliphatic hydroxyl groups is 1. The Bertz CT molecular complexity index is 566. The van der Waals surface area contributed by atoms with Gasteiger partial charge < -0.3 is 9.84 Å². The highest BCUT2D eigenvalue weighted by atomic mass is 35.5. The van der Waals surface area contributed by atoms with Crippen LogP contribution in [0.4, 0.5) is 0 Å². The Kier molecular flexibility index (Phi) is 4.46. The van der Waals surface area contributed by atoms with Crippen molar-refractivity contribution in [3.05, 3.63) is 64.2 Å². The van der Waals surface area contributed by atoms with Crippen molar-refractivity contribution in [1.29, 1.82) is 0 Å². The van der Waals surface area contributed by atoms with Crippen LogP contribution in [0.5, 0.6) is 5.75 Å². The molecule has 0 bridgehead atoms. The molecule has 100 valence electrons. The van der Waals surface area contributed by atoms with E-state index >= 15 is 0 Å². The summed E-state index contributed by atoms with van der Waals surface area (Å²) >= 11 is 6.17. The van der Waals surface area contributed by atoms with Crippen LogP contribution in [0.2, 0.25) is 5.02 Å². The molecular formula is C16H17ClO2. The highest BCUT2D eigenvalue weighted by molar-refractivity contribution is 6.31. The second-order valence-electron chi connectivity index (χ2n) is 4.53. The number of benzene rings is 2. The largest absolute Gasteiger partial charge is 0.497 e. The molecule has 2 aromatic carbocycles. The van der Waals surface area contributed by atoms with Crippen LogP contribution in [0, 0.1) is 6.92 Å². The second kappa shape index (κ2) is 6.09. The molecule has 0 saturated heterocycles. The Morgan fingerprint density at radius 3 is 2.58 bits per heavy atom. The van der Waals surface area contributed by atoms with E-state index in [1.807, 2.05) is 43.3 Å². The van der Waals surface area contributed by atoms with Gasteiger partial charge in [-0.1, -0.05) is 41.9 Å². The molecule has 0 fully saturated rings. The third kappa shape index (κ3) is 3.28. The van der Waals surface area contributed by atoms with Gasteiger partial charge in [-0.25, -0.2) is 0 Å². The van der Waals surface area contributed by atoms with E-state index in [0.717, 1.165) is 11.1 Å². The number of ether oxygens (including phenoxy) is 1. The van der Waals surface area contributed by atoms with Crippen molar-refractivity contribution in [2.75, 3.05) is 7.11 Å². The summed E-state index contributed by atoms with van der Waals surface area (Å²) in [6.07, 6.45) is -0.0573.